The van der Waals surface area contributed by atoms with Crippen LogP contribution in [0.3, 0.4) is 0 Å². The van der Waals surface area contributed by atoms with Gasteiger partial charge in [-0.15, -0.1) is 0 Å². The minimum absolute atomic E-state index is 0.241. The van der Waals surface area contributed by atoms with Crippen molar-refractivity contribution in [2.24, 2.45) is 5.73 Å². The van der Waals surface area contributed by atoms with E-state index in [0.717, 1.165) is 5.56 Å². The number of carbonyl (C=O) groups is 1. The first-order valence-corrected chi connectivity index (χ1v) is 4.39. The number of nitrogens with two attached hydrogens (primary N) is 1. The summed E-state index contributed by atoms with van der Waals surface area (Å²) in [7, 11) is 0. The molecule has 0 aliphatic rings. The topological polar surface area (TPSA) is 72.5 Å². The van der Waals surface area contributed by atoms with E-state index in [1.165, 1.54) is 0 Å². The molecule has 1 aromatic rings. The lowest BCUT2D eigenvalue weighted by Crippen LogP contribution is -2.32. The van der Waals surface area contributed by atoms with E-state index in [9.17, 15) is 9.18 Å². The molecule has 0 saturated carbocycles. The molecule has 1 rings (SSSR count). The van der Waals surface area contributed by atoms with Crippen LogP contribution in [-0.4, -0.2) is 24.0 Å². The van der Waals surface area contributed by atoms with Crippen molar-refractivity contribution in [1.82, 2.24) is 0 Å². The molecular formula is C10H12FNO3. The summed E-state index contributed by atoms with van der Waals surface area (Å²) in [5, 5.41) is 8.58. The average Bonchev–Trinajstić information content (AvgIpc) is 2.21. The molecule has 0 saturated heterocycles. The summed E-state index contributed by atoms with van der Waals surface area (Å²) in [4.78, 5) is 10.5. The summed E-state index contributed by atoms with van der Waals surface area (Å²) in [5.41, 5.74) is 6.13. The van der Waals surface area contributed by atoms with Gasteiger partial charge in [0.05, 0.1) is 0 Å². The number of halogens is 1. The smallest absolute Gasteiger partial charge is 0.320 e. The van der Waals surface area contributed by atoms with E-state index in [1.807, 2.05) is 0 Å². The van der Waals surface area contributed by atoms with Crippen LogP contribution in [0.25, 0.3) is 0 Å². The summed E-state index contributed by atoms with van der Waals surface area (Å²) < 4.78 is 16.4. The third kappa shape index (κ3) is 3.55. The number of ether oxygens (including phenoxy) is 1. The van der Waals surface area contributed by atoms with Crippen LogP contribution in [0, 0.1) is 0 Å². The van der Waals surface area contributed by atoms with E-state index in [4.69, 9.17) is 10.8 Å². The molecular weight excluding hydrogens is 201 g/mol. The third-order valence-electron chi connectivity index (χ3n) is 1.92. The van der Waals surface area contributed by atoms with E-state index >= 15 is 0 Å². The van der Waals surface area contributed by atoms with Gasteiger partial charge in [-0.1, -0.05) is 12.1 Å². The second-order valence-electron chi connectivity index (χ2n) is 3.05. The SMILES string of the molecule is N[C@H](Cc1ccc(OCF)cc1)C(=O)O. The second kappa shape index (κ2) is 5.31. The fourth-order valence-electron chi connectivity index (χ4n) is 1.13. The first-order valence-electron chi connectivity index (χ1n) is 4.39. The van der Waals surface area contributed by atoms with Gasteiger partial charge >= 0.3 is 5.97 Å². The second-order valence-corrected chi connectivity index (χ2v) is 3.05. The van der Waals surface area contributed by atoms with Gasteiger partial charge in [-0.2, -0.15) is 0 Å². The van der Waals surface area contributed by atoms with E-state index in [0.29, 0.717) is 5.75 Å². The van der Waals surface area contributed by atoms with Crippen LogP contribution in [0.5, 0.6) is 5.75 Å². The summed E-state index contributed by atoms with van der Waals surface area (Å²) in [6.07, 6.45) is 0.241. The molecule has 0 radical (unpaired) electrons. The number of carboxylic acids is 1. The molecule has 82 valence electrons. The third-order valence-corrected chi connectivity index (χ3v) is 1.92. The first kappa shape index (κ1) is 11.5. The summed E-state index contributed by atoms with van der Waals surface area (Å²) >= 11 is 0. The number of hydrogen-bond donors (Lipinski definition) is 2. The van der Waals surface area contributed by atoms with Crippen LogP contribution >= 0.6 is 0 Å². The van der Waals surface area contributed by atoms with Gasteiger partial charge in [0.2, 0.25) is 6.86 Å². The van der Waals surface area contributed by atoms with Crippen LogP contribution < -0.4 is 10.5 Å². The molecule has 1 atom stereocenters. The van der Waals surface area contributed by atoms with E-state index < -0.39 is 18.9 Å². The van der Waals surface area contributed by atoms with Gasteiger partial charge < -0.3 is 15.6 Å². The molecule has 0 heterocycles. The molecule has 0 aromatic heterocycles. The lowest BCUT2D eigenvalue weighted by molar-refractivity contribution is -0.138. The summed E-state index contributed by atoms with van der Waals surface area (Å²) in [5.74, 6) is -0.635. The summed E-state index contributed by atoms with van der Waals surface area (Å²) in [6, 6.07) is 5.55. The van der Waals surface area contributed by atoms with Gasteiger partial charge in [0, 0.05) is 0 Å². The Labute approximate surface area is 86.5 Å². The highest BCUT2D eigenvalue weighted by Crippen LogP contribution is 2.13. The lowest BCUT2D eigenvalue weighted by atomic mass is 10.1. The average molecular weight is 213 g/mol. The minimum Gasteiger partial charge on any atom is -0.480 e. The molecule has 0 bridgehead atoms. The zero-order chi connectivity index (χ0) is 11.3. The highest BCUT2D eigenvalue weighted by Gasteiger charge is 2.11. The molecule has 3 N–H and O–H groups in total. The van der Waals surface area contributed by atoms with Gasteiger partial charge in [-0.25, -0.2) is 4.39 Å². The Kier molecular flexibility index (Phi) is 4.05. The van der Waals surface area contributed by atoms with Crippen molar-refractivity contribution in [2.75, 3.05) is 6.86 Å². The van der Waals surface area contributed by atoms with Gasteiger partial charge in [-0.3, -0.25) is 4.79 Å². The predicted molar refractivity (Wildman–Crippen MR) is 52.4 cm³/mol. The zero-order valence-corrected chi connectivity index (χ0v) is 8.02. The van der Waals surface area contributed by atoms with Crippen molar-refractivity contribution in [2.45, 2.75) is 12.5 Å². The molecule has 1 aromatic carbocycles. The van der Waals surface area contributed by atoms with Gasteiger partial charge in [0.25, 0.3) is 0 Å². The molecule has 0 spiro atoms. The standard InChI is InChI=1S/C10H12FNO3/c11-6-15-8-3-1-7(2-4-8)5-9(12)10(13)14/h1-4,9H,5-6,12H2,(H,13,14)/t9-/m1/s1. The van der Waals surface area contributed by atoms with Crippen LogP contribution in [0.4, 0.5) is 4.39 Å². The van der Waals surface area contributed by atoms with Crippen molar-refractivity contribution in [3.8, 4) is 5.75 Å². The Morgan fingerprint density at radius 1 is 1.47 bits per heavy atom. The normalized spacial score (nSPS) is 12.1. The van der Waals surface area contributed by atoms with E-state index in [2.05, 4.69) is 4.74 Å². The minimum atomic E-state index is -1.04. The van der Waals surface area contributed by atoms with E-state index in [1.54, 1.807) is 24.3 Å². The maximum Gasteiger partial charge on any atom is 0.320 e. The van der Waals surface area contributed by atoms with Gasteiger partial charge in [0.15, 0.2) is 0 Å². The number of carboxylic acid groups (broad SMARTS) is 1. The Bertz CT molecular complexity index is 326. The fraction of sp³-hybridized carbons (Fsp3) is 0.300. The maximum atomic E-state index is 11.8. The number of benzene rings is 1. The van der Waals surface area contributed by atoms with Crippen LogP contribution in [0.15, 0.2) is 24.3 Å². The molecule has 0 amide bonds. The predicted octanol–water partition coefficient (Wildman–Crippen LogP) is 0.947. The van der Waals surface area contributed by atoms with Crippen molar-refractivity contribution in [1.29, 1.82) is 0 Å². The zero-order valence-electron chi connectivity index (χ0n) is 8.02. The quantitative estimate of drug-likeness (QED) is 0.763. The van der Waals surface area contributed by atoms with Crippen molar-refractivity contribution in [3.05, 3.63) is 29.8 Å². The van der Waals surface area contributed by atoms with Crippen LogP contribution in [0.2, 0.25) is 0 Å². The molecule has 0 unspecified atom stereocenters. The molecule has 0 fully saturated rings. The molecule has 15 heavy (non-hydrogen) atoms. The Morgan fingerprint density at radius 3 is 2.53 bits per heavy atom. The number of aliphatic carboxylic acids is 1. The van der Waals surface area contributed by atoms with Crippen molar-refractivity contribution in [3.63, 3.8) is 0 Å². The van der Waals surface area contributed by atoms with Gasteiger partial charge in [-0.05, 0) is 24.1 Å². The summed E-state index contributed by atoms with van der Waals surface area (Å²) in [6.45, 7) is -0.881. The van der Waals surface area contributed by atoms with Crippen LogP contribution in [0.1, 0.15) is 5.56 Å². The monoisotopic (exact) mass is 213 g/mol. The largest absolute Gasteiger partial charge is 0.480 e. The molecule has 0 aliphatic heterocycles. The number of hydrogen-bond acceptors (Lipinski definition) is 3. The Hall–Kier alpha value is -1.62. The number of alkyl halides is 1. The first-order chi connectivity index (χ1) is 7.13. The molecule has 5 heteroatoms. The fourth-order valence-corrected chi connectivity index (χ4v) is 1.13. The molecule has 0 aliphatic carbocycles. The highest BCUT2D eigenvalue weighted by atomic mass is 19.1. The van der Waals surface area contributed by atoms with Gasteiger partial charge in [0.1, 0.15) is 11.8 Å². The molecule has 4 nitrogen and oxygen atoms in total. The lowest BCUT2D eigenvalue weighted by Gasteiger charge is -2.07. The highest BCUT2D eigenvalue weighted by molar-refractivity contribution is 5.73. The van der Waals surface area contributed by atoms with Crippen molar-refractivity contribution < 1.29 is 19.0 Å². The van der Waals surface area contributed by atoms with Crippen molar-refractivity contribution >= 4 is 5.97 Å². The number of rotatable bonds is 5. The van der Waals surface area contributed by atoms with E-state index in [-0.39, 0.29) is 6.42 Å². The van der Waals surface area contributed by atoms with Crippen LogP contribution in [-0.2, 0) is 11.2 Å². The Morgan fingerprint density at radius 2 is 2.07 bits per heavy atom. The Balaban J connectivity index is 2.60. The maximum absolute atomic E-state index is 11.8.